The van der Waals surface area contributed by atoms with Crippen LogP contribution in [0, 0.1) is 19.7 Å². The van der Waals surface area contributed by atoms with Gasteiger partial charge in [0.05, 0.1) is 5.69 Å². The Morgan fingerprint density at radius 3 is 2.54 bits per heavy atom. The molecule has 144 valence electrons. The summed E-state index contributed by atoms with van der Waals surface area (Å²) in [5.74, 6) is -1.66. The molecule has 2 amide bonds. The smallest absolute Gasteiger partial charge is 0.313 e. The molecule has 28 heavy (non-hydrogen) atoms. The number of aryl methyl sites for hydroxylation is 2. The van der Waals surface area contributed by atoms with Crippen LogP contribution >= 0.6 is 11.3 Å². The van der Waals surface area contributed by atoms with Crippen molar-refractivity contribution in [3.8, 4) is 10.6 Å². The van der Waals surface area contributed by atoms with Gasteiger partial charge in [-0.25, -0.2) is 9.37 Å². The average molecular weight is 397 g/mol. The molecule has 0 fully saturated rings. The molecule has 3 aromatic rings. The zero-order valence-electron chi connectivity index (χ0n) is 15.6. The molecule has 0 unspecified atom stereocenters. The molecule has 0 aliphatic carbocycles. The van der Waals surface area contributed by atoms with E-state index in [-0.39, 0.29) is 5.82 Å². The normalized spacial score (nSPS) is 10.5. The van der Waals surface area contributed by atoms with Gasteiger partial charge in [-0.1, -0.05) is 12.1 Å². The Bertz CT molecular complexity index is 999. The molecule has 0 saturated carbocycles. The highest BCUT2D eigenvalue weighted by Gasteiger charge is 2.14. The lowest BCUT2D eigenvalue weighted by Crippen LogP contribution is -2.36. The maximum atomic E-state index is 13.1. The molecule has 5 nitrogen and oxygen atoms in total. The molecular formula is C21H20FN3O2S. The van der Waals surface area contributed by atoms with Crippen LogP contribution in [0.25, 0.3) is 10.6 Å². The van der Waals surface area contributed by atoms with Gasteiger partial charge >= 0.3 is 11.8 Å². The lowest BCUT2D eigenvalue weighted by atomic mass is 10.2. The Morgan fingerprint density at radius 2 is 1.82 bits per heavy atom. The zero-order chi connectivity index (χ0) is 20.1. The molecule has 3 rings (SSSR count). The first kappa shape index (κ1) is 19.7. The van der Waals surface area contributed by atoms with Crippen molar-refractivity contribution in [2.75, 3.05) is 11.9 Å². The van der Waals surface area contributed by atoms with Crippen molar-refractivity contribution in [2.24, 2.45) is 0 Å². The number of halogens is 1. The number of carbonyl (C=O) groups is 2. The first-order valence-electron chi connectivity index (χ1n) is 8.80. The molecule has 0 aliphatic heterocycles. The summed E-state index contributed by atoms with van der Waals surface area (Å²) in [6.45, 7) is 4.13. The summed E-state index contributed by atoms with van der Waals surface area (Å²) >= 11 is 1.50. The Balaban J connectivity index is 1.53. The van der Waals surface area contributed by atoms with Crippen LogP contribution in [-0.4, -0.2) is 23.3 Å². The molecule has 0 spiro atoms. The summed E-state index contributed by atoms with van der Waals surface area (Å²) in [6, 6.07) is 13.4. The lowest BCUT2D eigenvalue weighted by molar-refractivity contribution is -0.136. The third kappa shape index (κ3) is 5.01. The minimum Gasteiger partial charge on any atom is -0.347 e. The van der Waals surface area contributed by atoms with Crippen LogP contribution in [0.3, 0.4) is 0 Å². The number of nitrogens with one attached hydrogen (secondary N) is 2. The summed E-state index contributed by atoms with van der Waals surface area (Å²) in [4.78, 5) is 29.5. The molecule has 1 aromatic heterocycles. The Morgan fingerprint density at radius 1 is 1.07 bits per heavy atom. The molecule has 1 heterocycles. The number of benzene rings is 2. The highest BCUT2D eigenvalue weighted by molar-refractivity contribution is 7.15. The van der Waals surface area contributed by atoms with Crippen LogP contribution in [0.4, 0.5) is 10.1 Å². The van der Waals surface area contributed by atoms with E-state index in [1.54, 1.807) is 24.3 Å². The van der Waals surface area contributed by atoms with Gasteiger partial charge in [0.1, 0.15) is 10.8 Å². The largest absolute Gasteiger partial charge is 0.347 e. The predicted molar refractivity (Wildman–Crippen MR) is 109 cm³/mol. The number of hydrogen-bond acceptors (Lipinski definition) is 4. The summed E-state index contributed by atoms with van der Waals surface area (Å²) < 4.78 is 13.1. The van der Waals surface area contributed by atoms with E-state index in [2.05, 4.69) is 15.6 Å². The minimum atomic E-state index is -0.696. The Hall–Kier alpha value is -3.06. The lowest BCUT2D eigenvalue weighted by Gasteiger charge is -2.06. The van der Waals surface area contributed by atoms with Crippen molar-refractivity contribution in [1.29, 1.82) is 0 Å². The molecule has 0 atom stereocenters. The van der Waals surface area contributed by atoms with Crippen molar-refractivity contribution in [3.63, 3.8) is 0 Å². The summed E-state index contributed by atoms with van der Waals surface area (Å²) in [6.07, 6.45) is 0.564. The third-order valence-electron chi connectivity index (χ3n) is 4.10. The van der Waals surface area contributed by atoms with Crippen LogP contribution in [0.2, 0.25) is 0 Å². The average Bonchev–Trinajstić information content (AvgIpc) is 3.03. The topological polar surface area (TPSA) is 71.1 Å². The fraction of sp³-hybridized carbons (Fsp3) is 0.190. The van der Waals surface area contributed by atoms with Gasteiger partial charge in [-0.15, -0.1) is 11.3 Å². The minimum absolute atomic E-state index is 0.288. The van der Waals surface area contributed by atoms with Crippen molar-refractivity contribution in [2.45, 2.75) is 20.3 Å². The first-order chi connectivity index (χ1) is 13.4. The van der Waals surface area contributed by atoms with Crippen molar-refractivity contribution in [1.82, 2.24) is 10.3 Å². The second-order valence-electron chi connectivity index (χ2n) is 6.36. The van der Waals surface area contributed by atoms with E-state index in [0.29, 0.717) is 18.7 Å². The van der Waals surface area contributed by atoms with E-state index < -0.39 is 11.8 Å². The second-order valence-corrected chi connectivity index (χ2v) is 7.45. The van der Waals surface area contributed by atoms with Gasteiger partial charge in [-0.2, -0.15) is 0 Å². The monoisotopic (exact) mass is 397 g/mol. The number of rotatable bonds is 5. The molecule has 2 aromatic carbocycles. The van der Waals surface area contributed by atoms with Crippen molar-refractivity contribution < 1.29 is 14.0 Å². The van der Waals surface area contributed by atoms with Gasteiger partial charge < -0.3 is 10.6 Å². The number of hydrogen-bond donors (Lipinski definition) is 2. The van der Waals surface area contributed by atoms with E-state index in [4.69, 9.17) is 0 Å². The maximum absolute atomic E-state index is 13.1. The maximum Gasteiger partial charge on any atom is 0.313 e. The third-order valence-corrected chi connectivity index (χ3v) is 5.37. The van der Waals surface area contributed by atoms with Crippen LogP contribution in [-0.2, 0) is 16.0 Å². The van der Waals surface area contributed by atoms with Gasteiger partial charge in [-0.05, 0) is 55.8 Å². The fourth-order valence-electron chi connectivity index (χ4n) is 2.66. The number of amides is 2. The van der Waals surface area contributed by atoms with Crippen LogP contribution < -0.4 is 10.6 Å². The van der Waals surface area contributed by atoms with E-state index in [0.717, 1.165) is 26.7 Å². The van der Waals surface area contributed by atoms with Crippen molar-refractivity contribution in [3.05, 3.63) is 70.5 Å². The number of carbonyl (C=O) groups excluding carboxylic acids is 2. The van der Waals surface area contributed by atoms with E-state index in [1.165, 1.54) is 23.5 Å². The van der Waals surface area contributed by atoms with E-state index >= 15 is 0 Å². The zero-order valence-corrected chi connectivity index (χ0v) is 16.4. The summed E-state index contributed by atoms with van der Waals surface area (Å²) in [5, 5.41) is 6.01. The molecule has 0 bridgehead atoms. The van der Waals surface area contributed by atoms with Gasteiger partial charge in [0, 0.05) is 29.1 Å². The van der Waals surface area contributed by atoms with Gasteiger partial charge in [0.25, 0.3) is 0 Å². The number of nitrogens with zero attached hydrogens (tertiary/aromatic N) is 1. The van der Waals surface area contributed by atoms with Crippen LogP contribution in [0.5, 0.6) is 0 Å². The summed E-state index contributed by atoms with van der Waals surface area (Å²) in [5.41, 5.74) is 3.29. The number of aromatic nitrogens is 1. The van der Waals surface area contributed by atoms with Gasteiger partial charge in [-0.3, -0.25) is 9.59 Å². The van der Waals surface area contributed by atoms with Gasteiger partial charge in [0.2, 0.25) is 0 Å². The second kappa shape index (κ2) is 8.75. The highest BCUT2D eigenvalue weighted by Crippen LogP contribution is 2.28. The molecule has 7 heteroatoms. The Labute approximate surface area is 166 Å². The molecule has 0 saturated heterocycles. The SMILES string of the molecule is Cc1cccc(NC(=O)C(=O)NCCc2sc(-c3ccc(F)cc3)nc2C)c1. The van der Waals surface area contributed by atoms with Crippen LogP contribution in [0.1, 0.15) is 16.1 Å². The van der Waals surface area contributed by atoms with Crippen LogP contribution in [0.15, 0.2) is 48.5 Å². The standard InChI is InChI=1S/C21H20FN3O2S/c1-13-4-3-5-17(12-13)25-20(27)19(26)23-11-10-18-14(2)24-21(28-18)15-6-8-16(22)9-7-15/h3-9,12H,10-11H2,1-2H3,(H,23,26)(H,25,27). The molecule has 2 N–H and O–H groups in total. The van der Waals surface area contributed by atoms with Gasteiger partial charge in [0.15, 0.2) is 0 Å². The Kier molecular flexibility index (Phi) is 6.16. The van der Waals surface area contributed by atoms with E-state index in [1.807, 2.05) is 26.0 Å². The van der Waals surface area contributed by atoms with Crippen molar-refractivity contribution >= 4 is 28.8 Å². The molecule has 0 aliphatic rings. The number of anilines is 1. The molecular weight excluding hydrogens is 377 g/mol. The fourth-order valence-corrected chi connectivity index (χ4v) is 3.72. The predicted octanol–water partition coefficient (Wildman–Crippen LogP) is 3.86. The highest BCUT2D eigenvalue weighted by atomic mass is 32.1. The molecule has 0 radical (unpaired) electrons. The van der Waals surface area contributed by atoms with E-state index in [9.17, 15) is 14.0 Å². The summed E-state index contributed by atoms with van der Waals surface area (Å²) in [7, 11) is 0. The first-order valence-corrected chi connectivity index (χ1v) is 9.62. The number of thiazole rings is 1. The quantitative estimate of drug-likeness (QED) is 0.642.